The van der Waals surface area contributed by atoms with Crippen LogP contribution in [0, 0.1) is 6.92 Å². The number of hydrogen-bond acceptors (Lipinski definition) is 6. The van der Waals surface area contributed by atoms with Crippen molar-refractivity contribution in [1.82, 2.24) is 4.98 Å². The molecule has 0 saturated heterocycles. The predicted octanol–water partition coefficient (Wildman–Crippen LogP) is 4.13. The van der Waals surface area contributed by atoms with E-state index in [4.69, 9.17) is 4.74 Å². The summed E-state index contributed by atoms with van der Waals surface area (Å²) in [5.41, 5.74) is 1.03. The number of carbonyl (C=O) groups is 1. The molecule has 110 valence electrons. The molecule has 3 aromatic rings. The van der Waals surface area contributed by atoms with Gasteiger partial charge in [0.2, 0.25) is 0 Å². The van der Waals surface area contributed by atoms with Crippen LogP contribution in [0.4, 0.5) is 0 Å². The fraction of sp³-hybridized carbons (Fsp3) is 0.286. The van der Waals surface area contributed by atoms with Gasteiger partial charge in [0.15, 0.2) is 0 Å². The van der Waals surface area contributed by atoms with Crippen molar-refractivity contribution < 1.29 is 14.3 Å². The molecule has 1 aromatic carbocycles. The normalized spacial score (nSPS) is 12.7. The van der Waals surface area contributed by atoms with Crippen LogP contribution < -0.4 is 4.74 Å². The van der Waals surface area contributed by atoms with E-state index in [9.17, 15) is 4.79 Å². The number of nitrogens with zero attached hydrogens (tertiary/aromatic N) is 1. The van der Waals surface area contributed by atoms with Gasteiger partial charge in [-0.25, -0.2) is 4.98 Å². The number of alkyl halides is 1. The number of thiazole rings is 1. The van der Waals surface area contributed by atoms with Gasteiger partial charge in [-0.1, -0.05) is 15.9 Å². The Morgan fingerprint density at radius 2 is 2.33 bits per heavy atom. The summed E-state index contributed by atoms with van der Waals surface area (Å²) in [6, 6.07) is 4.01. The Balaban J connectivity index is 1.97. The number of carbonyl (C=O) groups excluding carboxylic acids is 1. The largest absolute Gasteiger partial charge is 0.491 e. The molecule has 2 aromatic heterocycles. The van der Waals surface area contributed by atoms with E-state index in [1.165, 1.54) is 7.11 Å². The van der Waals surface area contributed by atoms with Gasteiger partial charge in [0.1, 0.15) is 17.2 Å². The molecule has 0 fully saturated rings. The maximum absolute atomic E-state index is 11.4. The quantitative estimate of drug-likeness (QED) is 0.500. The average Bonchev–Trinajstić information content (AvgIpc) is 3.08. The molecule has 1 unspecified atom stereocenters. The van der Waals surface area contributed by atoms with Crippen molar-refractivity contribution in [2.24, 2.45) is 0 Å². The fourth-order valence-corrected chi connectivity index (χ4v) is 4.22. The topological polar surface area (TPSA) is 48.4 Å². The number of rotatable bonds is 4. The average molecular weight is 386 g/mol. The maximum atomic E-state index is 11.4. The van der Waals surface area contributed by atoms with Crippen molar-refractivity contribution in [2.45, 2.75) is 11.8 Å². The molecule has 0 N–H and O–H groups in total. The predicted molar refractivity (Wildman–Crippen MR) is 90.0 cm³/mol. The highest BCUT2D eigenvalue weighted by Gasteiger charge is 2.18. The molecule has 21 heavy (non-hydrogen) atoms. The lowest BCUT2D eigenvalue weighted by molar-refractivity contribution is -0.140. The third-order valence-electron chi connectivity index (χ3n) is 3.01. The molecular formula is C14H12BrNO3S2. The third-order valence-corrected chi connectivity index (χ3v) is 5.49. The van der Waals surface area contributed by atoms with Crippen molar-refractivity contribution >= 4 is 64.9 Å². The minimum atomic E-state index is -0.477. The first-order valence-corrected chi connectivity index (χ1v) is 8.83. The summed E-state index contributed by atoms with van der Waals surface area (Å²) in [5.74, 6) is 0.432. The van der Waals surface area contributed by atoms with Crippen LogP contribution in [-0.2, 0) is 9.53 Å². The zero-order valence-electron chi connectivity index (χ0n) is 11.4. The minimum absolute atomic E-state index is 0.223. The van der Waals surface area contributed by atoms with Gasteiger partial charge in [-0.2, -0.15) is 0 Å². The summed E-state index contributed by atoms with van der Waals surface area (Å²) in [7, 11) is 1.36. The van der Waals surface area contributed by atoms with Crippen molar-refractivity contribution in [2.75, 3.05) is 13.7 Å². The van der Waals surface area contributed by atoms with Gasteiger partial charge in [0.05, 0.1) is 27.0 Å². The molecule has 0 aliphatic heterocycles. The van der Waals surface area contributed by atoms with E-state index in [-0.39, 0.29) is 12.6 Å². The van der Waals surface area contributed by atoms with E-state index >= 15 is 0 Å². The molecule has 1 atom stereocenters. The smallest absolute Gasteiger partial charge is 0.322 e. The summed E-state index contributed by atoms with van der Waals surface area (Å²) < 4.78 is 12.7. The summed E-state index contributed by atoms with van der Waals surface area (Å²) in [6.07, 6.45) is 0. The molecule has 0 amide bonds. The number of ether oxygens (including phenoxy) is 2. The van der Waals surface area contributed by atoms with E-state index in [1.807, 2.05) is 24.4 Å². The Kier molecular flexibility index (Phi) is 4.14. The molecule has 0 spiro atoms. The first kappa shape index (κ1) is 14.7. The second-order valence-corrected chi connectivity index (χ2v) is 7.68. The first-order valence-electron chi connectivity index (χ1n) is 6.22. The third kappa shape index (κ3) is 2.77. The van der Waals surface area contributed by atoms with Crippen molar-refractivity contribution in [3.05, 3.63) is 22.5 Å². The van der Waals surface area contributed by atoms with Crippen molar-refractivity contribution in [1.29, 1.82) is 0 Å². The van der Waals surface area contributed by atoms with Crippen molar-refractivity contribution in [3.63, 3.8) is 0 Å². The van der Waals surface area contributed by atoms with E-state index in [0.29, 0.717) is 0 Å². The molecule has 7 heteroatoms. The van der Waals surface area contributed by atoms with Crippen LogP contribution in [0.2, 0.25) is 0 Å². The molecule has 4 nitrogen and oxygen atoms in total. The van der Waals surface area contributed by atoms with Crippen LogP contribution in [-0.4, -0.2) is 29.5 Å². The Bertz CT molecular complexity index is 811. The highest BCUT2D eigenvalue weighted by Crippen LogP contribution is 2.38. The Hall–Kier alpha value is -1.18. The monoisotopic (exact) mass is 385 g/mol. The van der Waals surface area contributed by atoms with Crippen molar-refractivity contribution in [3.8, 4) is 5.75 Å². The lowest BCUT2D eigenvalue weighted by Crippen LogP contribution is -2.22. The number of benzene rings is 1. The van der Waals surface area contributed by atoms with Crippen LogP contribution >= 0.6 is 38.6 Å². The minimum Gasteiger partial charge on any atom is -0.491 e. The number of thiophene rings is 1. The van der Waals surface area contributed by atoms with Gasteiger partial charge in [0.25, 0.3) is 0 Å². The molecule has 3 rings (SSSR count). The lowest BCUT2D eigenvalue weighted by Gasteiger charge is -2.11. The number of methoxy groups -OCH3 is 1. The lowest BCUT2D eigenvalue weighted by atomic mass is 10.2. The van der Waals surface area contributed by atoms with Crippen LogP contribution in [0.1, 0.15) is 5.01 Å². The van der Waals surface area contributed by atoms with Gasteiger partial charge < -0.3 is 9.47 Å². The van der Waals surface area contributed by atoms with Crippen LogP contribution in [0.5, 0.6) is 5.75 Å². The molecule has 0 aliphatic carbocycles. The molecule has 0 bridgehead atoms. The Morgan fingerprint density at radius 3 is 3.10 bits per heavy atom. The zero-order valence-corrected chi connectivity index (χ0v) is 14.6. The van der Waals surface area contributed by atoms with Crippen LogP contribution in [0.25, 0.3) is 20.3 Å². The highest BCUT2D eigenvalue weighted by molar-refractivity contribution is 9.10. The SMILES string of the molecule is COC(=O)C(Br)COc1cc2sc(C)nc2c2sccc12. The van der Waals surface area contributed by atoms with E-state index in [2.05, 4.69) is 25.7 Å². The summed E-state index contributed by atoms with van der Waals surface area (Å²) in [6.45, 7) is 2.22. The number of aromatic nitrogens is 1. The van der Waals surface area contributed by atoms with E-state index < -0.39 is 4.83 Å². The standard InChI is InChI=1S/C14H12BrNO3S2/c1-7-16-12-11(21-7)5-10(8-3-4-20-13(8)12)19-6-9(15)14(17)18-2/h3-5,9H,6H2,1-2H3. The zero-order chi connectivity index (χ0) is 15.0. The number of halogens is 1. The number of aryl methyl sites for hydroxylation is 1. The van der Waals surface area contributed by atoms with E-state index in [1.54, 1.807) is 22.7 Å². The second-order valence-electron chi connectivity index (χ2n) is 4.42. The Morgan fingerprint density at radius 1 is 1.52 bits per heavy atom. The highest BCUT2D eigenvalue weighted by atomic mass is 79.9. The number of esters is 1. The summed E-state index contributed by atoms with van der Waals surface area (Å²) >= 11 is 6.55. The van der Waals surface area contributed by atoms with Crippen LogP contribution in [0.3, 0.4) is 0 Å². The summed E-state index contributed by atoms with van der Waals surface area (Å²) in [5, 5.41) is 4.09. The van der Waals surface area contributed by atoms with Gasteiger partial charge >= 0.3 is 5.97 Å². The molecule has 0 aliphatic rings. The maximum Gasteiger partial charge on any atom is 0.322 e. The number of fused-ring (bicyclic) bond motifs is 3. The van der Waals surface area contributed by atoms with Gasteiger partial charge in [-0.3, -0.25) is 4.79 Å². The first-order chi connectivity index (χ1) is 10.1. The second kappa shape index (κ2) is 5.90. The van der Waals surface area contributed by atoms with E-state index in [0.717, 1.165) is 31.1 Å². The van der Waals surface area contributed by atoms with Crippen LogP contribution in [0.15, 0.2) is 17.5 Å². The molecule has 0 saturated carbocycles. The van der Waals surface area contributed by atoms with Gasteiger partial charge in [-0.05, 0) is 18.4 Å². The number of hydrogen-bond donors (Lipinski definition) is 0. The van der Waals surface area contributed by atoms with Gasteiger partial charge in [0, 0.05) is 11.5 Å². The Labute approximate surface area is 137 Å². The molecule has 0 radical (unpaired) electrons. The van der Waals surface area contributed by atoms with Gasteiger partial charge in [-0.15, -0.1) is 22.7 Å². The molecular weight excluding hydrogens is 374 g/mol. The molecule has 2 heterocycles. The summed E-state index contributed by atoms with van der Waals surface area (Å²) in [4.78, 5) is 15.5. The fourth-order valence-electron chi connectivity index (χ4n) is 2.07.